The summed E-state index contributed by atoms with van der Waals surface area (Å²) in [6, 6.07) is 47.2. The van der Waals surface area contributed by atoms with Crippen LogP contribution in [0.2, 0.25) is 0 Å². The first-order chi connectivity index (χ1) is 27.3. The number of para-hydroxylation sites is 1. The van der Waals surface area contributed by atoms with Crippen molar-refractivity contribution in [3.63, 3.8) is 0 Å². The number of anilines is 1. The lowest BCUT2D eigenvalue weighted by molar-refractivity contribution is -0.268. The van der Waals surface area contributed by atoms with Crippen LogP contribution < -0.4 is 15.4 Å². The number of carboxylic acid groups (broad SMARTS) is 1. The molecule has 0 spiro atoms. The number of carboxylic acids is 1. The number of rotatable bonds is 13. The van der Waals surface area contributed by atoms with E-state index in [1.807, 2.05) is 127 Å². The zero-order valence-corrected chi connectivity index (χ0v) is 31.5. The third-order valence-corrected chi connectivity index (χ3v) is 10.8. The van der Waals surface area contributed by atoms with Crippen molar-refractivity contribution in [3.05, 3.63) is 179 Å². The van der Waals surface area contributed by atoms with E-state index in [4.69, 9.17) is 14.2 Å². The quantitative estimate of drug-likeness (QED) is 0.0856. The van der Waals surface area contributed by atoms with Gasteiger partial charge in [-0.05, 0) is 88.5 Å². The number of aromatic carboxylic acids is 1. The van der Waals surface area contributed by atoms with E-state index < -0.39 is 12.3 Å². The Morgan fingerprint density at radius 3 is 2.09 bits per heavy atom. The molecule has 1 heterocycles. The highest BCUT2D eigenvalue weighted by Gasteiger charge is 2.38. The molecule has 1 saturated heterocycles. The minimum atomic E-state index is -0.955. The van der Waals surface area contributed by atoms with Crippen LogP contribution in [0.15, 0.2) is 157 Å². The number of urea groups is 1. The van der Waals surface area contributed by atoms with Crippen molar-refractivity contribution in [2.75, 3.05) is 11.1 Å². The molecule has 0 unspecified atom stereocenters. The molecule has 7 rings (SSSR count). The Hall–Kier alpha value is -5.91. The minimum absolute atomic E-state index is 0.000822. The molecule has 6 aromatic carbocycles. The predicted molar refractivity (Wildman–Crippen MR) is 218 cm³/mol. The van der Waals surface area contributed by atoms with Gasteiger partial charge in [0.15, 0.2) is 6.29 Å². The standard InChI is InChI=1S/C46H42N2O7S/c1-30-42(29-56-40-25-19-34(20-26-40)44(50)51)54-45(55-43(30)33-13-11-31(28-49)12-14-33)35-17-15-32(16-18-35)41-10-6-5-7-36(41)27-47-46(52)48-37-21-23-39(24-22-37)53-38-8-3-2-4-9-38/h2-26,30,42-43,45,49H,27-29H2,1H3,(H,50,51)(H2,47,48,52)/t30-,42+,43+,45+/m0/s1. The molecule has 0 saturated carbocycles. The smallest absolute Gasteiger partial charge is 0.335 e. The van der Waals surface area contributed by atoms with Gasteiger partial charge in [0.2, 0.25) is 0 Å². The highest BCUT2D eigenvalue weighted by molar-refractivity contribution is 7.99. The average molecular weight is 767 g/mol. The lowest BCUT2D eigenvalue weighted by atomic mass is 9.91. The zero-order chi connectivity index (χ0) is 38.9. The van der Waals surface area contributed by atoms with Gasteiger partial charge in [-0.3, -0.25) is 0 Å². The number of carbonyl (C=O) groups excluding carboxylic acids is 1. The Morgan fingerprint density at radius 2 is 1.39 bits per heavy atom. The topological polar surface area (TPSA) is 126 Å². The van der Waals surface area contributed by atoms with Crippen molar-refractivity contribution in [3.8, 4) is 22.6 Å². The number of carbonyl (C=O) groups is 2. The number of aliphatic hydroxyl groups excluding tert-OH is 1. The summed E-state index contributed by atoms with van der Waals surface area (Å²) in [5.41, 5.74) is 6.52. The molecule has 4 atom stereocenters. The largest absolute Gasteiger partial charge is 0.478 e. The lowest BCUT2D eigenvalue weighted by Crippen LogP contribution is -2.38. The fourth-order valence-electron chi connectivity index (χ4n) is 6.54. The molecular weight excluding hydrogens is 725 g/mol. The average Bonchev–Trinajstić information content (AvgIpc) is 3.24. The van der Waals surface area contributed by atoms with E-state index in [2.05, 4.69) is 17.6 Å². The molecule has 6 aromatic rings. The molecule has 0 radical (unpaired) electrons. The number of hydrogen-bond donors (Lipinski definition) is 4. The fraction of sp³-hybridized carbons (Fsp3) is 0.174. The zero-order valence-electron chi connectivity index (χ0n) is 30.7. The van der Waals surface area contributed by atoms with E-state index >= 15 is 0 Å². The van der Waals surface area contributed by atoms with Crippen LogP contribution in [0, 0.1) is 5.92 Å². The molecule has 0 aromatic heterocycles. The molecule has 0 aliphatic carbocycles. The van der Waals surface area contributed by atoms with Gasteiger partial charge < -0.3 is 35.1 Å². The maximum atomic E-state index is 12.9. The summed E-state index contributed by atoms with van der Waals surface area (Å²) < 4.78 is 19.2. The highest BCUT2D eigenvalue weighted by Crippen LogP contribution is 2.43. The molecule has 1 aliphatic heterocycles. The van der Waals surface area contributed by atoms with Crippen LogP contribution in [0.4, 0.5) is 10.5 Å². The van der Waals surface area contributed by atoms with Gasteiger partial charge in [0.25, 0.3) is 0 Å². The summed E-state index contributed by atoms with van der Waals surface area (Å²) in [7, 11) is 0. The molecule has 284 valence electrons. The first-order valence-corrected chi connectivity index (χ1v) is 19.3. The van der Waals surface area contributed by atoms with Gasteiger partial charge in [-0.1, -0.05) is 97.9 Å². The maximum Gasteiger partial charge on any atom is 0.335 e. The second-order valence-electron chi connectivity index (χ2n) is 13.5. The van der Waals surface area contributed by atoms with Crippen LogP contribution in [0.1, 0.15) is 51.9 Å². The maximum absolute atomic E-state index is 12.9. The van der Waals surface area contributed by atoms with Crippen LogP contribution in [-0.4, -0.2) is 34.1 Å². The van der Waals surface area contributed by atoms with Crippen molar-refractivity contribution < 1.29 is 34.0 Å². The molecule has 56 heavy (non-hydrogen) atoms. The molecule has 1 aliphatic rings. The van der Waals surface area contributed by atoms with Crippen LogP contribution in [0.5, 0.6) is 11.5 Å². The molecule has 1 fully saturated rings. The summed E-state index contributed by atoms with van der Waals surface area (Å²) in [6.07, 6.45) is -1.08. The SMILES string of the molecule is C[C@H]1[C@@H](CSc2ccc(C(=O)O)cc2)O[C@@H](c2ccc(-c3ccccc3CNC(=O)Nc3ccc(Oc4ccccc4)cc3)cc2)O[C@H]1c1ccc(CO)cc1. The Kier molecular flexibility index (Phi) is 12.4. The highest BCUT2D eigenvalue weighted by atomic mass is 32.2. The van der Waals surface area contributed by atoms with Gasteiger partial charge in [0.05, 0.1) is 24.4 Å². The van der Waals surface area contributed by atoms with Gasteiger partial charge in [-0.2, -0.15) is 0 Å². The van der Waals surface area contributed by atoms with Gasteiger partial charge in [0, 0.05) is 34.4 Å². The molecular formula is C46H42N2O7S. The number of thioether (sulfide) groups is 1. The number of benzene rings is 6. The summed E-state index contributed by atoms with van der Waals surface area (Å²) in [5, 5.41) is 24.8. The van der Waals surface area contributed by atoms with Gasteiger partial charge in [-0.15, -0.1) is 11.8 Å². The summed E-state index contributed by atoms with van der Waals surface area (Å²) >= 11 is 1.61. The number of aliphatic hydroxyl groups is 1. The van der Waals surface area contributed by atoms with Crippen LogP contribution in [0.3, 0.4) is 0 Å². The van der Waals surface area contributed by atoms with E-state index in [-0.39, 0.29) is 36.3 Å². The third-order valence-electron chi connectivity index (χ3n) is 9.68. The van der Waals surface area contributed by atoms with E-state index in [1.165, 1.54) is 0 Å². The molecule has 2 amide bonds. The van der Waals surface area contributed by atoms with Crippen LogP contribution >= 0.6 is 11.8 Å². The van der Waals surface area contributed by atoms with Crippen LogP contribution in [-0.2, 0) is 22.6 Å². The number of ether oxygens (including phenoxy) is 3. The van der Waals surface area contributed by atoms with E-state index in [1.54, 1.807) is 36.0 Å². The van der Waals surface area contributed by atoms with Gasteiger partial charge in [0.1, 0.15) is 11.5 Å². The second kappa shape index (κ2) is 18.1. The molecule has 0 bridgehead atoms. The van der Waals surface area contributed by atoms with Gasteiger partial charge in [-0.25, -0.2) is 9.59 Å². The normalized spacial score (nSPS) is 17.8. The monoisotopic (exact) mass is 766 g/mol. The number of nitrogens with one attached hydrogen (secondary N) is 2. The Labute approximate surface area is 330 Å². The van der Waals surface area contributed by atoms with Crippen molar-refractivity contribution in [1.82, 2.24) is 5.32 Å². The molecule has 9 nitrogen and oxygen atoms in total. The first kappa shape index (κ1) is 38.4. The first-order valence-electron chi connectivity index (χ1n) is 18.4. The van der Waals surface area contributed by atoms with Crippen molar-refractivity contribution >= 4 is 29.4 Å². The van der Waals surface area contributed by atoms with E-state index in [9.17, 15) is 19.8 Å². The third kappa shape index (κ3) is 9.66. The van der Waals surface area contributed by atoms with Crippen LogP contribution in [0.25, 0.3) is 11.1 Å². The van der Waals surface area contributed by atoms with E-state index in [0.717, 1.165) is 44.0 Å². The Morgan fingerprint density at radius 1 is 0.732 bits per heavy atom. The Balaban J connectivity index is 1.02. The fourth-order valence-corrected chi connectivity index (χ4v) is 7.61. The Bertz CT molecular complexity index is 2220. The number of amides is 2. The summed E-state index contributed by atoms with van der Waals surface area (Å²) in [4.78, 5) is 25.2. The summed E-state index contributed by atoms with van der Waals surface area (Å²) in [6.45, 7) is 2.40. The lowest BCUT2D eigenvalue weighted by Gasteiger charge is -2.41. The molecule has 4 N–H and O–H groups in total. The second-order valence-corrected chi connectivity index (χ2v) is 14.6. The van der Waals surface area contributed by atoms with Crippen molar-refractivity contribution in [2.24, 2.45) is 5.92 Å². The number of hydrogen-bond acceptors (Lipinski definition) is 7. The van der Waals surface area contributed by atoms with Crippen molar-refractivity contribution in [2.45, 2.75) is 43.5 Å². The summed E-state index contributed by atoms with van der Waals surface area (Å²) in [5.74, 6) is 1.10. The van der Waals surface area contributed by atoms with E-state index in [0.29, 0.717) is 23.7 Å². The minimum Gasteiger partial charge on any atom is -0.478 e. The molecule has 10 heteroatoms. The predicted octanol–water partition coefficient (Wildman–Crippen LogP) is 10.2. The van der Waals surface area contributed by atoms with Crippen molar-refractivity contribution in [1.29, 1.82) is 0 Å². The van der Waals surface area contributed by atoms with Gasteiger partial charge >= 0.3 is 12.0 Å².